The van der Waals surface area contributed by atoms with E-state index in [9.17, 15) is 4.79 Å². The van der Waals surface area contributed by atoms with Crippen molar-refractivity contribution in [3.05, 3.63) is 11.8 Å². The fourth-order valence-electron chi connectivity index (χ4n) is 0.886. The third-order valence-electron chi connectivity index (χ3n) is 1.82. The Bertz CT molecular complexity index is 310. The van der Waals surface area contributed by atoms with Crippen LogP contribution < -0.4 is 0 Å². The van der Waals surface area contributed by atoms with Crippen molar-refractivity contribution in [3.8, 4) is 0 Å². The molecule has 0 radical (unpaired) electrons. The van der Waals surface area contributed by atoms with E-state index in [2.05, 4.69) is 10.2 Å². The summed E-state index contributed by atoms with van der Waals surface area (Å²) in [6.07, 6.45) is 1.34. The quantitative estimate of drug-likeness (QED) is 0.754. The Kier molecular flexibility index (Phi) is 3.58. The summed E-state index contributed by atoms with van der Waals surface area (Å²) in [4.78, 5) is 10.4. The SMILES string of the molecule is COC(C)CCc1nnc(C(=O)O)o1. The van der Waals surface area contributed by atoms with Gasteiger partial charge in [-0.25, -0.2) is 4.79 Å². The van der Waals surface area contributed by atoms with E-state index in [1.54, 1.807) is 7.11 Å². The molecular formula is C8H12N2O4. The van der Waals surface area contributed by atoms with E-state index >= 15 is 0 Å². The molecule has 0 fully saturated rings. The van der Waals surface area contributed by atoms with Crippen LogP contribution in [0.15, 0.2) is 4.42 Å². The summed E-state index contributed by atoms with van der Waals surface area (Å²) in [5.74, 6) is -1.25. The number of carbonyl (C=O) groups is 1. The highest BCUT2D eigenvalue weighted by molar-refractivity contribution is 5.81. The van der Waals surface area contributed by atoms with Crippen LogP contribution in [-0.4, -0.2) is 34.5 Å². The van der Waals surface area contributed by atoms with Gasteiger partial charge in [0.2, 0.25) is 5.89 Å². The molecule has 1 N–H and O–H groups in total. The lowest BCUT2D eigenvalue weighted by atomic mass is 10.2. The predicted octanol–water partition coefficient (Wildman–Crippen LogP) is 0.735. The molecule has 0 bridgehead atoms. The number of methoxy groups -OCH3 is 1. The Hall–Kier alpha value is -1.43. The fraction of sp³-hybridized carbons (Fsp3) is 0.625. The normalized spacial score (nSPS) is 12.7. The Morgan fingerprint density at radius 3 is 2.86 bits per heavy atom. The molecule has 1 aromatic rings. The summed E-state index contributed by atoms with van der Waals surface area (Å²) in [5, 5.41) is 15.5. The van der Waals surface area contributed by atoms with Crippen LogP contribution in [0.4, 0.5) is 0 Å². The lowest BCUT2D eigenvalue weighted by molar-refractivity contribution is 0.0650. The number of ether oxygens (including phenoxy) is 1. The van der Waals surface area contributed by atoms with Crippen LogP contribution in [0, 0.1) is 0 Å². The number of carboxylic acids is 1. The first kappa shape index (κ1) is 10.6. The molecule has 14 heavy (non-hydrogen) atoms. The van der Waals surface area contributed by atoms with Crippen LogP contribution >= 0.6 is 0 Å². The highest BCUT2D eigenvalue weighted by Crippen LogP contribution is 2.05. The van der Waals surface area contributed by atoms with Gasteiger partial charge in [0.25, 0.3) is 0 Å². The summed E-state index contributed by atoms with van der Waals surface area (Å²) < 4.78 is 9.88. The highest BCUT2D eigenvalue weighted by atomic mass is 16.5. The highest BCUT2D eigenvalue weighted by Gasteiger charge is 2.13. The maximum Gasteiger partial charge on any atom is 0.393 e. The largest absolute Gasteiger partial charge is 0.474 e. The molecule has 78 valence electrons. The predicted molar refractivity (Wildman–Crippen MR) is 46.0 cm³/mol. The summed E-state index contributed by atoms with van der Waals surface area (Å²) >= 11 is 0. The van der Waals surface area contributed by atoms with Crippen LogP contribution in [0.1, 0.15) is 29.9 Å². The molecule has 0 aromatic carbocycles. The number of nitrogens with zero attached hydrogens (tertiary/aromatic N) is 2. The third-order valence-corrected chi connectivity index (χ3v) is 1.82. The van der Waals surface area contributed by atoms with Gasteiger partial charge >= 0.3 is 11.9 Å². The minimum atomic E-state index is -1.21. The fourth-order valence-corrected chi connectivity index (χ4v) is 0.886. The zero-order valence-corrected chi connectivity index (χ0v) is 8.06. The molecule has 0 amide bonds. The molecule has 0 aliphatic heterocycles. The number of hydrogen-bond donors (Lipinski definition) is 1. The van der Waals surface area contributed by atoms with E-state index in [0.717, 1.165) is 6.42 Å². The van der Waals surface area contributed by atoms with Gasteiger partial charge in [0.05, 0.1) is 6.10 Å². The van der Waals surface area contributed by atoms with Gasteiger partial charge in [0, 0.05) is 13.5 Å². The van der Waals surface area contributed by atoms with Gasteiger partial charge in [-0.2, -0.15) is 0 Å². The molecule has 1 unspecified atom stereocenters. The average molecular weight is 200 g/mol. The first-order chi connectivity index (χ1) is 6.63. The second-order valence-electron chi connectivity index (χ2n) is 2.89. The molecule has 0 saturated heterocycles. The third kappa shape index (κ3) is 2.81. The van der Waals surface area contributed by atoms with Crippen molar-refractivity contribution in [2.45, 2.75) is 25.9 Å². The molecule has 6 nitrogen and oxygen atoms in total. The van der Waals surface area contributed by atoms with Gasteiger partial charge in [-0.15, -0.1) is 10.2 Å². The van der Waals surface area contributed by atoms with Gasteiger partial charge in [0.1, 0.15) is 0 Å². The van der Waals surface area contributed by atoms with Crippen molar-refractivity contribution in [1.82, 2.24) is 10.2 Å². The van der Waals surface area contributed by atoms with E-state index in [-0.39, 0.29) is 12.0 Å². The topological polar surface area (TPSA) is 85.5 Å². The zero-order chi connectivity index (χ0) is 10.6. The summed E-state index contributed by atoms with van der Waals surface area (Å²) in [6, 6.07) is 0. The number of aromatic nitrogens is 2. The van der Waals surface area contributed by atoms with E-state index < -0.39 is 5.97 Å². The maximum absolute atomic E-state index is 10.4. The van der Waals surface area contributed by atoms with Gasteiger partial charge in [0.15, 0.2) is 0 Å². The molecule has 0 spiro atoms. The molecule has 1 atom stereocenters. The monoisotopic (exact) mass is 200 g/mol. The van der Waals surface area contributed by atoms with Crippen molar-refractivity contribution in [2.24, 2.45) is 0 Å². The van der Waals surface area contributed by atoms with Crippen molar-refractivity contribution >= 4 is 5.97 Å². The zero-order valence-electron chi connectivity index (χ0n) is 8.06. The van der Waals surface area contributed by atoms with Crippen LogP contribution in [0.5, 0.6) is 0 Å². The second kappa shape index (κ2) is 4.71. The summed E-state index contributed by atoms with van der Waals surface area (Å²) in [5.41, 5.74) is 0. The van der Waals surface area contributed by atoms with Gasteiger partial charge in [-0.3, -0.25) is 0 Å². The van der Waals surface area contributed by atoms with Crippen molar-refractivity contribution in [2.75, 3.05) is 7.11 Å². The van der Waals surface area contributed by atoms with E-state index in [4.69, 9.17) is 14.3 Å². The smallest absolute Gasteiger partial charge is 0.393 e. The lowest BCUT2D eigenvalue weighted by Crippen LogP contribution is -2.05. The number of aryl methyl sites for hydroxylation is 1. The van der Waals surface area contributed by atoms with E-state index in [0.29, 0.717) is 12.3 Å². The lowest BCUT2D eigenvalue weighted by Gasteiger charge is -2.05. The number of aromatic carboxylic acids is 1. The molecule has 0 aliphatic carbocycles. The number of rotatable bonds is 5. The standard InChI is InChI=1S/C8H12N2O4/c1-5(13-2)3-4-6-9-10-7(14-6)8(11)12/h5H,3-4H2,1-2H3,(H,11,12). The maximum atomic E-state index is 10.4. The minimum absolute atomic E-state index is 0.0928. The first-order valence-corrected chi connectivity index (χ1v) is 4.22. The van der Waals surface area contributed by atoms with Crippen molar-refractivity contribution in [1.29, 1.82) is 0 Å². The molecule has 1 aromatic heterocycles. The van der Waals surface area contributed by atoms with Gasteiger partial charge in [-0.1, -0.05) is 0 Å². The number of carboxylic acid groups (broad SMARTS) is 1. The molecule has 6 heteroatoms. The molecule has 1 rings (SSSR count). The summed E-state index contributed by atoms with van der Waals surface area (Å²) in [6.45, 7) is 1.91. The molecule has 0 saturated carbocycles. The van der Waals surface area contributed by atoms with Crippen LogP contribution in [-0.2, 0) is 11.2 Å². The van der Waals surface area contributed by atoms with Crippen molar-refractivity contribution in [3.63, 3.8) is 0 Å². The first-order valence-electron chi connectivity index (χ1n) is 4.22. The molecule has 0 aliphatic rings. The Labute approximate surface area is 80.9 Å². The average Bonchev–Trinajstić information content (AvgIpc) is 2.62. The van der Waals surface area contributed by atoms with Crippen LogP contribution in [0.25, 0.3) is 0 Å². The Morgan fingerprint density at radius 1 is 1.64 bits per heavy atom. The van der Waals surface area contributed by atoms with Gasteiger partial charge in [-0.05, 0) is 13.3 Å². The van der Waals surface area contributed by atoms with Crippen molar-refractivity contribution < 1.29 is 19.1 Å². The van der Waals surface area contributed by atoms with E-state index in [1.807, 2.05) is 6.92 Å². The van der Waals surface area contributed by atoms with Crippen LogP contribution in [0.3, 0.4) is 0 Å². The van der Waals surface area contributed by atoms with E-state index in [1.165, 1.54) is 0 Å². The molecule has 1 heterocycles. The Morgan fingerprint density at radius 2 is 2.36 bits per heavy atom. The minimum Gasteiger partial charge on any atom is -0.474 e. The number of hydrogen-bond acceptors (Lipinski definition) is 5. The second-order valence-corrected chi connectivity index (χ2v) is 2.89. The Balaban J connectivity index is 2.48. The van der Waals surface area contributed by atoms with Crippen LogP contribution in [0.2, 0.25) is 0 Å². The molecular weight excluding hydrogens is 188 g/mol. The van der Waals surface area contributed by atoms with Gasteiger partial charge < -0.3 is 14.3 Å². The summed E-state index contributed by atoms with van der Waals surface area (Å²) in [7, 11) is 1.61.